The molecular weight excluding hydrogens is 342 g/mol. The van der Waals surface area contributed by atoms with Crippen LogP contribution in [0.5, 0.6) is 0 Å². The van der Waals surface area contributed by atoms with Gasteiger partial charge in [-0.15, -0.1) is 12.4 Å². The molecule has 1 aromatic carbocycles. The van der Waals surface area contributed by atoms with Crippen LogP contribution in [0.1, 0.15) is 23.8 Å². The number of furan rings is 1. The van der Waals surface area contributed by atoms with Gasteiger partial charge in [0.25, 0.3) is 0 Å². The average molecular weight is 364 g/mol. The monoisotopic (exact) mass is 363 g/mol. The molecule has 2 amide bonds. The van der Waals surface area contributed by atoms with E-state index in [-0.39, 0.29) is 30.3 Å². The normalized spacial score (nSPS) is 16.9. The maximum Gasteiger partial charge on any atom is 0.242 e. The smallest absolute Gasteiger partial charge is 0.242 e. The lowest BCUT2D eigenvalue weighted by molar-refractivity contribution is -0.129. The first-order valence-electron chi connectivity index (χ1n) is 8.04. The Bertz CT molecular complexity index is 718. The number of nitrogens with one attached hydrogen (secondary N) is 3. The molecule has 0 saturated carbocycles. The second-order valence-corrected chi connectivity index (χ2v) is 5.93. The molecule has 7 heteroatoms. The highest BCUT2D eigenvalue weighted by atomic mass is 35.5. The Kier molecular flexibility index (Phi) is 6.61. The topological polar surface area (TPSA) is 83.4 Å². The van der Waals surface area contributed by atoms with Gasteiger partial charge >= 0.3 is 0 Å². The zero-order valence-electron chi connectivity index (χ0n) is 14.0. The van der Waals surface area contributed by atoms with E-state index in [9.17, 15) is 9.59 Å². The number of fused-ring (bicyclic) bond motifs is 1. The first kappa shape index (κ1) is 19.0. The lowest BCUT2D eigenvalue weighted by Gasteiger charge is -2.26. The van der Waals surface area contributed by atoms with Crippen molar-refractivity contribution in [3.05, 3.63) is 59.5 Å². The predicted molar refractivity (Wildman–Crippen MR) is 96.2 cm³/mol. The molecule has 1 aromatic heterocycles. The van der Waals surface area contributed by atoms with Gasteiger partial charge in [-0.2, -0.15) is 0 Å². The number of hydrogen-bond donors (Lipinski definition) is 3. The number of benzene rings is 1. The summed E-state index contributed by atoms with van der Waals surface area (Å²) in [5.74, 6) is 0.272. The minimum Gasteiger partial charge on any atom is -0.467 e. The summed E-state index contributed by atoms with van der Waals surface area (Å²) in [6.07, 6.45) is 2.18. The lowest BCUT2D eigenvalue weighted by Crippen LogP contribution is -2.53. The van der Waals surface area contributed by atoms with Crippen LogP contribution in [0.25, 0.3) is 0 Å². The zero-order valence-corrected chi connectivity index (χ0v) is 14.8. The molecule has 3 rings (SSSR count). The van der Waals surface area contributed by atoms with E-state index in [2.05, 4.69) is 22.0 Å². The molecule has 0 bridgehead atoms. The Morgan fingerprint density at radius 3 is 2.72 bits per heavy atom. The van der Waals surface area contributed by atoms with E-state index in [1.54, 1.807) is 25.3 Å². The Balaban J connectivity index is 0.00000225. The maximum atomic E-state index is 12.4. The standard InChI is InChI=1S/C18H21N3O3.ClH/c1-12(17(22)20-11-15-7-4-8-24-15)21-18(23)16-9-13-5-2-3-6-14(13)10-19-16;/h2-8,12,16,19H,9-11H2,1H3,(H,20,22)(H,21,23);1H/t12-,16-;/m0./s1. The number of amides is 2. The minimum absolute atomic E-state index is 0. The summed E-state index contributed by atoms with van der Waals surface area (Å²) in [7, 11) is 0. The number of halogens is 1. The van der Waals surface area contributed by atoms with Gasteiger partial charge in [0.15, 0.2) is 0 Å². The molecule has 0 unspecified atom stereocenters. The highest BCUT2D eigenvalue weighted by Crippen LogP contribution is 2.16. The molecule has 0 radical (unpaired) electrons. The number of rotatable bonds is 5. The molecule has 25 heavy (non-hydrogen) atoms. The molecule has 2 atom stereocenters. The molecule has 3 N–H and O–H groups in total. The van der Waals surface area contributed by atoms with Crippen molar-refractivity contribution in [3.63, 3.8) is 0 Å². The van der Waals surface area contributed by atoms with Crippen LogP contribution < -0.4 is 16.0 Å². The van der Waals surface area contributed by atoms with Crippen molar-refractivity contribution in [3.8, 4) is 0 Å². The van der Waals surface area contributed by atoms with E-state index in [4.69, 9.17) is 4.42 Å². The summed E-state index contributed by atoms with van der Waals surface area (Å²) < 4.78 is 5.16. The van der Waals surface area contributed by atoms with Crippen molar-refractivity contribution in [1.29, 1.82) is 0 Å². The first-order chi connectivity index (χ1) is 11.6. The van der Waals surface area contributed by atoms with Gasteiger partial charge in [0.1, 0.15) is 11.8 Å². The van der Waals surface area contributed by atoms with Crippen LogP contribution >= 0.6 is 12.4 Å². The van der Waals surface area contributed by atoms with Crippen LogP contribution in [-0.4, -0.2) is 23.9 Å². The quantitative estimate of drug-likeness (QED) is 0.752. The number of hydrogen-bond acceptors (Lipinski definition) is 4. The molecule has 0 fully saturated rings. The fourth-order valence-corrected chi connectivity index (χ4v) is 2.76. The third kappa shape index (κ3) is 4.84. The van der Waals surface area contributed by atoms with Gasteiger partial charge < -0.3 is 20.4 Å². The van der Waals surface area contributed by atoms with Crippen molar-refractivity contribution in [2.75, 3.05) is 0 Å². The van der Waals surface area contributed by atoms with Gasteiger partial charge in [-0.05, 0) is 36.6 Å². The highest BCUT2D eigenvalue weighted by molar-refractivity contribution is 5.89. The van der Waals surface area contributed by atoms with Crippen molar-refractivity contribution in [2.45, 2.75) is 38.5 Å². The third-order valence-electron chi connectivity index (χ3n) is 4.17. The molecule has 1 aliphatic heterocycles. The van der Waals surface area contributed by atoms with E-state index < -0.39 is 6.04 Å². The Labute approximate surface area is 152 Å². The Hall–Kier alpha value is -2.31. The van der Waals surface area contributed by atoms with Gasteiger partial charge in [0.2, 0.25) is 11.8 Å². The Morgan fingerprint density at radius 1 is 1.24 bits per heavy atom. The molecule has 0 spiro atoms. The van der Waals surface area contributed by atoms with Gasteiger partial charge in [-0.25, -0.2) is 0 Å². The van der Waals surface area contributed by atoms with Crippen LogP contribution in [0.3, 0.4) is 0 Å². The average Bonchev–Trinajstić information content (AvgIpc) is 3.12. The summed E-state index contributed by atoms with van der Waals surface area (Å²) in [6.45, 7) is 2.64. The molecule has 2 aromatic rings. The molecule has 0 aliphatic carbocycles. The number of carbonyl (C=O) groups is 2. The van der Waals surface area contributed by atoms with Gasteiger partial charge in [0.05, 0.1) is 18.8 Å². The largest absolute Gasteiger partial charge is 0.467 e. The van der Waals surface area contributed by atoms with Gasteiger partial charge in [-0.3, -0.25) is 9.59 Å². The third-order valence-corrected chi connectivity index (χ3v) is 4.17. The van der Waals surface area contributed by atoms with Crippen LogP contribution in [0.4, 0.5) is 0 Å². The SMILES string of the molecule is C[C@H](NC(=O)[C@@H]1Cc2ccccc2CN1)C(=O)NCc1ccco1.Cl. The summed E-state index contributed by atoms with van der Waals surface area (Å²) >= 11 is 0. The molecule has 2 heterocycles. The first-order valence-corrected chi connectivity index (χ1v) is 8.04. The molecule has 6 nitrogen and oxygen atoms in total. The second kappa shape index (κ2) is 8.69. The zero-order chi connectivity index (χ0) is 16.9. The van der Waals surface area contributed by atoms with Crippen LogP contribution in [-0.2, 0) is 29.1 Å². The predicted octanol–water partition coefficient (Wildman–Crippen LogP) is 1.54. The molecule has 0 saturated heterocycles. The van der Waals surface area contributed by atoms with E-state index >= 15 is 0 Å². The van der Waals surface area contributed by atoms with E-state index in [1.165, 1.54) is 11.1 Å². The van der Waals surface area contributed by atoms with Gasteiger partial charge in [-0.1, -0.05) is 24.3 Å². The molecule has 134 valence electrons. The van der Waals surface area contributed by atoms with Gasteiger partial charge in [0, 0.05) is 6.54 Å². The fourth-order valence-electron chi connectivity index (χ4n) is 2.76. The van der Waals surface area contributed by atoms with Crippen LogP contribution in [0.15, 0.2) is 47.1 Å². The summed E-state index contributed by atoms with van der Waals surface area (Å²) in [6, 6.07) is 10.7. The van der Waals surface area contributed by atoms with Crippen molar-refractivity contribution < 1.29 is 14.0 Å². The van der Waals surface area contributed by atoms with Crippen molar-refractivity contribution in [1.82, 2.24) is 16.0 Å². The number of carbonyl (C=O) groups excluding carboxylic acids is 2. The van der Waals surface area contributed by atoms with E-state index in [0.29, 0.717) is 25.3 Å². The molecular formula is C18H22ClN3O3. The van der Waals surface area contributed by atoms with E-state index in [0.717, 1.165) is 0 Å². The second-order valence-electron chi connectivity index (χ2n) is 5.93. The summed E-state index contributed by atoms with van der Waals surface area (Å²) in [5.41, 5.74) is 2.39. The maximum absolute atomic E-state index is 12.4. The van der Waals surface area contributed by atoms with Crippen LogP contribution in [0, 0.1) is 0 Å². The lowest BCUT2D eigenvalue weighted by atomic mass is 9.95. The minimum atomic E-state index is -0.605. The van der Waals surface area contributed by atoms with E-state index in [1.807, 2.05) is 18.2 Å². The highest BCUT2D eigenvalue weighted by Gasteiger charge is 2.26. The molecule has 1 aliphatic rings. The van der Waals surface area contributed by atoms with Crippen molar-refractivity contribution >= 4 is 24.2 Å². The summed E-state index contributed by atoms with van der Waals surface area (Å²) in [4.78, 5) is 24.5. The van der Waals surface area contributed by atoms with Crippen molar-refractivity contribution in [2.24, 2.45) is 0 Å². The summed E-state index contributed by atoms with van der Waals surface area (Å²) in [5, 5.41) is 8.72. The Morgan fingerprint density at radius 2 is 2.00 bits per heavy atom. The fraction of sp³-hybridized carbons (Fsp3) is 0.333. The van der Waals surface area contributed by atoms with Crippen LogP contribution in [0.2, 0.25) is 0 Å².